The Hall–Kier alpha value is -0.610. The number of nitrogens with zero attached hydrogens (tertiary/aromatic N) is 3. The molecule has 0 aliphatic carbocycles. The van der Waals surface area contributed by atoms with Crippen molar-refractivity contribution >= 4 is 5.91 Å². The van der Waals surface area contributed by atoms with E-state index in [-0.39, 0.29) is 5.92 Å². The molecule has 15 heavy (non-hydrogen) atoms. The smallest absolute Gasteiger partial charge is 0.227 e. The Balaban J connectivity index is 1.85. The summed E-state index contributed by atoms with van der Waals surface area (Å²) in [5, 5.41) is 0. The zero-order chi connectivity index (χ0) is 10.8. The average Bonchev–Trinajstić information content (AvgIpc) is 2.65. The number of hydrogen-bond acceptors (Lipinski definition) is 3. The van der Waals surface area contributed by atoms with E-state index >= 15 is 0 Å². The second-order valence-electron chi connectivity index (χ2n) is 4.88. The van der Waals surface area contributed by atoms with Crippen molar-refractivity contribution in [1.29, 1.82) is 0 Å². The Kier molecular flexibility index (Phi) is 3.26. The Morgan fingerprint density at radius 1 is 1.00 bits per heavy atom. The van der Waals surface area contributed by atoms with Crippen molar-refractivity contribution in [3.63, 3.8) is 0 Å². The van der Waals surface area contributed by atoms with Gasteiger partial charge in [0.2, 0.25) is 5.91 Å². The summed E-state index contributed by atoms with van der Waals surface area (Å²) in [5.41, 5.74) is 0. The summed E-state index contributed by atoms with van der Waals surface area (Å²) >= 11 is 0. The molecule has 0 bridgehead atoms. The van der Waals surface area contributed by atoms with Crippen LogP contribution in [0.5, 0.6) is 0 Å². The van der Waals surface area contributed by atoms with Crippen LogP contribution in [0.4, 0.5) is 0 Å². The molecule has 4 heteroatoms. The lowest BCUT2D eigenvalue weighted by atomic mass is 10.1. The van der Waals surface area contributed by atoms with Gasteiger partial charge < -0.3 is 14.7 Å². The highest BCUT2D eigenvalue weighted by molar-refractivity contribution is 5.79. The third-order valence-corrected chi connectivity index (χ3v) is 3.56. The van der Waals surface area contributed by atoms with E-state index in [9.17, 15) is 4.79 Å². The van der Waals surface area contributed by atoms with Crippen LogP contribution in [0.2, 0.25) is 0 Å². The van der Waals surface area contributed by atoms with Crippen LogP contribution in [0.15, 0.2) is 0 Å². The monoisotopic (exact) mass is 211 g/mol. The van der Waals surface area contributed by atoms with Crippen LogP contribution in [0.3, 0.4) is 0 Å². The van der Waals surface area contributed by atoms with Crippen LogP contribution in [0.25, 0.3) is 0 Å². The summed E-state index contributed by atoms with van der Waals surface area (Å²) in [5.74, 6) is 0.644. The molecule has 1 atom stereocenters. The fraction of sp³-hybridized carbons (Fsp3) is 0.909. The van der Waals surface area contributed by atoms with Crippen molar-refractivity contribution in [2.45, 2.75) is 6.42 Å². The molecular formula is C11H21N3O. The lowest BCUT2D eigenvalue weighted by Gasteiger charge is -2.33. The fourth-order valence-electron chi connectivity index (χ4n) is 2.42. The number of rotatable bonds is 1. The highest BCUT2D eigenvalue weighted by Crippen LogP contribution is 2.17. The number of amides is 1. The minimum Gasteiger partial charge on any atom is -0.340 e. The predicted octanol–water partition coefficient (Wildman–Crippen LogP) is -0.288. The number of piperazine rings is 1. The van der Waals surface area contributed by atoms with Crippen LogP contribution in [0, 0.1) is 5.92 Å². The molecule has 2 heterocycles. The summed E-state index contributed by atoms with van der Waals surface area (Å²) < 4.78 is 0. The van der Waals surface area contributed by atoms with Gasteiger partial charge in [-0.15, -0.1) is 0 Å². The molecule has 4 nitrogen and oxygen atoms in total. The van der Waals surface area contributed by atoms with Gasteiger partial charge in [-0.05, 0) is 27.1 Å². The lowest BCUT2D eigenvalue weighted by molar-refractivity contribution is -0.136. The first-order valence-electron chi connectivity index (χ1n) is 5.82. The maximum atomic E-state index is 12.1. The Bertz CT molecular complexity index is 236. The molecule has 2 saturated heterocycles. The summed E-state index contributed by atoms with van der Waals surface area (Å²) in [6.45, 7) is 5.89. The molecule has 0 aromatic carbocycles. The van der Waals surface area contributed by atoms with Gasteiger partial charge in [0.15, 0.2) is 0 Å². The van der Waals surface area contributed by atoms with Gasteiger partial charge in [0.1, 0.15) is 0 Å². The zero-order valence-electron chi connectivity index (χ0n) is 9.78. The Labute approximate surface area is 91.8 Å². The normalized spacial score (nSPS) is 29.7. The highest BCUT2D eigenvalue weighted by Gasteiger charge is 2.30. The predicted molar refractivity (Wildman–Crippen MR) is 59.7 cm³/mol. The van der Waals surface area contributed by atoms with E-state index in [2.05, 4.69) is 23.9 Å². The van der Waals surface area contributed by atoms with Gasteiger partial charge in [-0.1, -0.05) is 0 Å². The SMILES string of the molecule is CN1CCN(C(=O)C2CCN(C)C2)CC1. The molecule has 1 amide bonds. The molecule has 2 aliphatic heterocycles. The minimum absolute atomic E-state index is 0.262. The number of carbonyl (C=O) groups is 1. The molecule has 2 fully saturated rings. The second kappa shape index (κ2) is 4.49. The molecule has 0 aromatic rings. The van der Waals surface area contributed by atoms with Gasteiger partial charge in [0, 0.05) is 32.7 Å². The Morgan fingerprint density at radius 3 is 2.20 bits per heavy atom. The van der Waals surface area contributed by atoms with E-state index in [1.807, 2.05) is 4.90 Å². The van der Waals surface area contributed by atoms with E-state index in [0.29, 0.717) is 5.91 Å². The third-order valence-electron chi connectivity index (χ3n) is 3.56. The van der Waals surface area contributed by atoms with Crippen molar-refractivity contribution in [3.05, 3.63) is 0 Å². The van der Waals surface area contributed by atoms with Crippen LogP contribution < -0.4 is 0 Å². The molecule has 1 unspecified atom stereocenters. The van der Waals surface area contributed by atoms with Crippen LogP contribution in [0.1, 0.15) is 6.42 Å². The van der Waals surface area contributed by atoms with E-state index in [0.717, 1.165) is 45.7 Å². The van der Waals surface area contributed by atoms with Gasteiger partial charge in [0.25, 0.3) is 0 Å². The lowest BCUT2D eigenvalue weighted by Crippen LogP contribution is -2.49. The van der Waals surface area contributed by atoms with E-state index < -0.39 is 0 Å². The minimum atomic E-state index is 0.262. The first-order valence-corrected chi connectivity index (χ1v) is 5.82. The number of hydrogen-bond donors (Lipinski definition) is 0. The highest BCUT2D eigenvalue weighted by atomic mass is 16.2. The zero-order valence-corrected chi connectivity index (χ0v) is 9.78. The number of carbonyl (C=O) groups excluding carboxylic acids is 1. The van der Waals surface area contributed by atoms with Crippen molar-refractivity contribution in [1.82, 2.24) is 14.7 Å². The fourth-order valence-corrected chi connectivity index (χ4v) is 2.42. The third kappa shape index (κ3) is 2.49. The maximum absolute atomic E-state index is 12.1. The van der Waals surface area contributed by atoms with Gasteiger partial charge in [0.05, 0.1) is 5.92 Å². The van der Waals surface area contributed by atoms with Crippen LogP contribution in [-0.2, 0) is 4.79 Å². The quantitative estimate of drug-likeness (QED) is 0.596. The van der Waals surface area contributed by atoms with Crippen molar-refractivity contribution in [3.8, 4) is 0 Å². The maximum Gasteiger partial charge on any atom is 0.227 e. The standard InChI is InChI=1S/C11H21N3O/c1-12-5-7-14(8-6-12)11(15)10-3-4-13(2)9-10/h10H,3-9H2,1-2H3. The van der Waals surface area contributed by atoms with Gasteiger partial charge in [-0.3, -0.25) is 4.79 Å². The molecule has 2 rings (SSSR count). The van der Waals surface area contributed by atoms with Crippen LogP contribution >= 0.6 is 0 Å². The summed E-state index contributed by atoms with van der Waals surface area (Å²) in [4.78, 5) is 18.7. The first-order chi connectivity index (χ1) is 7.16. The topological polar surface area (TPSA) is 26.8 Å². The molecule has 0 aromatic heterocycles. The molecular weight excluding hydrogens is 190 g/mol. The van der Waals surface area contributed by atoms with E-state index in [1.54, 1.807) is 0 Å². The molecule has 86 valence electrons. The van der Waals surface area contributed by atoms with Crippen molar-refractivity contribution < 1.29 is 4.79 Å². The summed E-state index contributed by atoms with van der Waals surface area (Å²) in [7, 11) is 4.21. The van der Waals surface area contributed by atoms with E-state index in [1.165, 1.54) is 0 Å². The second-order valence-corrected chi connectivity index (χ2v) is 4.88. The first kappa shape index (κ1) is 10.9. The molecule has 2 aliphatic rings. The summed E-state index contributed by atoms with van der Waals surface area (Å²) in [6, 6.07) is 0. The molecule has 0 saturated carbocycles. The van der Waals surface area contributed by atoms with Crippen molar-refractivity contribution in [2.24, 2.45) is 5.92 Å². The number of likely N-dealkylation sites (tertiary alicyclic amines) is 1. The molecule has 0 spiro atoms. The van der Waals surface area contributed by atoms with Gasteiger partial charge in [-0.2, -0.15) is 0 Å². The number of likely N-dealkylation sites (N-methyl/N-ethyl adjacent to an activating group) is 1. The molecule has 0 N–H and O–H groups in total. The largest absolute Gasteiger partial charge is 0.340 e. The van der Waals surface area contributed by atoms with Crippen LogP contribution in [-0.4, -0.2) is 74.0 Å². The van der Waals surface area contributed by atoms with Gasteiger partial charge >= 0.3 is 0 Å². The molecule has 0 radical (unpaired) electrons. The van der Waals surface area contributed by atoms with Crippen molar-refractivity contribution in [2.75, 3.05) is 53.4 Å². The average molecular weight is 211 g/mol. The van der Waals surface area contributed by atoms with E-state index in [4.69, 9.17) is 0 Å². The Morgan fingerprint density at radius 2 is 1.67 bits per heavy atom. The van der Waals surface area contributed by atoms with Gasteiger partial charge in [-0.25, -0.2) is 0 Å². The summed E-state index contributed by atoms with van der Waals surface area (Å²) in [6.07, 6.45) is 1.04.